The number of aromatic nitrogens is 1. The van der Waals surface area contributed by atoms with Gasteiger partial charge in [-0.3, -0.25) is 0 Å². The van der Waals surface area contributed by atoms with Gasteiger partial charge < -0.3 is 24.2 Å². The van der Waals surface area contributed by atoms with E-state index >= 15 is 0 Å². The molecule has 2 heterocycles. The van der Waals surface area contributed by atoms with Crippen LogP contribution in [-0.4, -0.2) is 61.4 Å². The Balaban J connectivity index is 0.00000141. The minimum Gasteiger partial charge on any atom is -0.493 e. The lowest BCUT2D eigenvalue weighted by Gasteiger charge is -2.29. The van der Waals surface area contributed by atoms with Gasteiger partial charge in [-0.2, -0.15) is 11.8 Å². The number of guanidine groups is 1. The van der Waals surface area contributed by atoms with Crippen molar-refractivity contribution in [3.63, 3.8) is 0 Å². The Bertz CT molecular complexity index is 906. The zero-order valence-corrected chi connectivity index (χ0v) is 19.9. The molecule has 1 N–H and O–H groups in total. The molecule has 0 radical (unpaired) electrons. The number of nitrogens with zero attached hydrogens (tertiary/aromatic N) is 3. The minimum atomic E-state index is 0.0181. The fourth-order valence-electron chi connectivity index (χ4n) is 4.27. The van der Waals surface area contributed by atoms with Crippen molar-refractivity contribution < 1.29 is 14.3 Å². The Kier molecular flexibility index (Phi) is 9.62. The van der Waals surface area contributed by atoms with E-state index in [1.54, 1.807) is 7.11 Å². The van der Waals surface area contributed by atoms with E-state index < -0.39 is 0 Å². The topological polar surface area (TPSA) is 77.2 Å². The number of hydrogen-bond acceptors (Lipinski definition) is 7. The van der Waals surface area contributed by atoms with E-state index in [9.17, 15) is 0 Å². The van der Waals surface area contributed by atoms with Crippen LogP contribution in [0.3, 0.4) is 0 Å². The van der Waals surface area contributed by atoms with Crippen LogP contribution < -0.4 is 10.1 Å². The smallest absolute Gasteiger partial charge is 0.219 e. The van der Waals surface area contributed by atoms with Gasteiger partial charge in [0, 0.05) is 37.4 Å². The molecule has 0 bridgehead atoms. The molecule has 1 aromatic carbocycles. The van der Waals surface area contributed by atoms with Crippen LogP contribution in [0.2, 0.25) is 0 Å². The van der Waals surface area contributed by atoms with Crippen molar-refractivity contribution in [3.8, 4) is 5.75 Å². The van der Waals surface area contributed by atoms with E-state index in [1.807, 2.05) is 24.8 Å². The molecule has 0 spiro atoms. The van der Waals surface area contributed by atoms with E-state index in [2.05, 4.69) is 51.6 Å². The third kappa shape index (κ3) is 6.13. The van der Waals surface area contributed by atoms with Crippen LogP contribution in [0.4, 0.5) is 0 Å². The summed E-state index contributed by atoms with van der Waals surface area (Å²) in [5.74, 6) is 2.82. The molecule has 1 atom stereocenters. The van der Waals surface area contributed by atoms with Gasteiger partial charge >= 0.3 is 0 Å². The first-order valence-electron chi connectivity index (χ1n) is 11.2. The van der Waals surface area contributed by atoms with Crippen LogP contribution in [0.1, 0.15) is 44.7 Å². The van der Waals surface area contributed by atoms with Crippen LogP contribution in [0.15, 0.2) is 40.4 Å². The Labute approximate surface area is 194 Å². The largest absolute Gasteiger partial charge is 0.493 e. The number of carbonyl (C=O) groups excluding carboxylic acids is 1. The Morgan fingerprint density at radius 1 is 1.22 bits per heavy atom. The van der Waals surface area contributed by atoms with Crippen molar-refractivity contribution >= 4 is 41.6 Å². The lowest BCUT2D eigenvalue weighted by atomic mass is 9.93. The van der Waals surface area contributed by atoms with E-state index in [1.165, 1.54) is 0 Å². The average Bonchev–Trinajstić information content (AvgIpc) is 3.29. The molecule has 1 unspecified atom stereocenters. The van der Waals surface area contributed by atoms with Crippen LogP contribution in [0.5, 0.6) is 5.75 Å². The second-order valence-corrected chi connectivity index (χ2v) is 8.93. The van der Waals surface area contributed by atoms with Crippen molar-refractivity contribution in [1.82, 2.24) is 9.88 Å². The van der Waals surface area contributed by atoms with E-state index in [0.717, 1.165) is 73.5 Å². The molecular formula is C24H34N4O3S. The number of carbonyl (C=O) groups is 1. The quantitative estimate of drug-likeness (QED) is 0.591. The first kappa shape index (κ1) is 24.3. The lowest BCUT2D eigenvalue weighted by molar-refractivity contribution is -0.0979. The fourth-order valence-corrected chi connectivity index (χ4v) is 4.67. The zero-order chi connectivity index (χ0) is 22.8. The molecule has 0 saturated heterocycles. The van der Waals surface area contributed by atoms with Gasteiger partial charge in [-0.15, -0.1) is 0 Å². The highest BCUT2D eigenvalue weighted by atomic mass is 32.2. The second-order valence-electron chi connectivity index (χ2n) is 7.94. The number of aliphatic imine (C=N–C) groups is 2. The average molecular weight is 459 g/mol. The molecular weight excluding hydrogens is 424 g/mol. The number of thioether (sulfide) groups is 1. The normalized spacial score (nSPS) is 22.7. The Morgan fingerprint density at radius 3 is 2.78 bits per heavy atom. The maximum atomic E-state index is 8.00. The summed E-state index contributed by atoms with van der Waals surface area (Å²) in [7, 11) is 1.81. The number of nitrogens with one attached hydrogen (secondary N) is 1. The number of hydrogen-bond donors (Lipinski definition) is 1. The van der Waals surface area contributed by atoms with E-state index in [-0.39, 0.29) is 6.17 Å². The van der Waals surface area contributed by atoms with E-state index in [0.29, 0.717) is 12.1 Å². The predicted octanol–water partition coefficient (Wildman–Crippen LogP) is 4.46. The Hall–Kier alpha value is -2.32. The molecule has 4 rings (SSSR count). The highest BCUT2D eigenvalue weighted by Gasteiger charge is 2.23. The summed E-state index contributed by atoms with van der Waals surface area (Å²) in [6.07, 6.45) is 12.9. The summed E-state index contributed by atoms with van der Waals surface area (Å²) in [5, 5.41) is 4.70. The van der Waals surface area contributed by atoms with Gasteiger partial charge in [0.15, 0.2) is 0 Å². The predicted molar refractivity (Wildman–Crippen MR) is 133 cm³/mol. The van der Waals surface area contributed by atoms with Crippen LogP contribution in [-0.2, 0) is 9.53 Å². The van der Waals surface area contributed by atoms with Gasteiger partial charge in [0.05, 0.1) is 18.2 Å². The highest BCUT2D eigenvalue weighted by Crippen LogP contribution is 2.31. The molecule has 1 aliphatic heterocycles. The molecule has 174 valence electrons. The van der Waals surface area contributed by atoms with Gasteiger partial charge in [-0.1, -0.05) is 6.07 Å². The number of rotatable bonds is 8. The highest BCUT2D eigenvalue weighted by molar-refractivity contribution is 7.98. The molecule has 32 heavy (non-hydrogen) atoms. The Morgan fingerprint density at radius 2 is 2.03 bits per heavy atom. The van der Waals surface area contributed by atoms with Crippen LogP contribution in [0.25, 0.3) is 10.9 Å². The van der Waals surface area contributed by atoms with Gasteiger partial charge in [-0.05, 0) is 62.3 Å². The third-order valence-corrected chi connectivity index (χ3v) is 6.63. The number of benzene rings is 1. The third-order valence-electron chi connectivity index (χ3n) is 5.94. The van der Waals surface area contributed by atoms with Gasteiger partial charge in [0.1, 0.15) is 18.7 Å². The van der Waals surface area contributed by atoms with Crippen molar-refractivity contribution in [1.29, 1.82) is 0 Å². The summed E-state index contributed by atoms with van der Waals surface area (Å²) < 4.78 is 13.8. The molecule has 2 aromatic rings. The van der Waals surface area contributed by atoms with Crippen molar-refractivity contribution in [2.24, 2.45) is 9.98 Å². The minimum absolute atomic E-state index is 0.0181. The van der Waals surface area contributed by atoms with Gasteiger partial charge in [0.2, 0.25) is 5.96 Å². The van der Waals surface area contributed by atoms with Crippen molar-refractivity contribution in [2.45, 2.75) is 56.8 Å². The molecule has 0 amide bonds. The van der Waals surface area contributed by atoms with E-state index in [4.69, 9.17) is 19.3 Å². The molecule has 2 aliphatic rings. The van der Waals surface area contributed by atoms with Crippen molar-refractivity contribution in [2.75, 3.05) is 25.7 Å². The molecule has 1 saturated carbocycles. The zero-order valence-electron chi connectivity index (χ0n) is 19.0. The summed E-state index contributed by atoms with van der Waals surface area (Å²) in [4.78, 5) is 17.4. The molecule has 1 aromatic heterocycles. The van der Waals surface area contributed by atoms with Crippen LogP contribution in [0, 0.1) is 0 Å². The number of methoxy groups -OCH3 is 1. The second kappa shape index (κ2) is 12.6. The monoisotopic (exact) mass is 458 g/mol. The summed E-state index contributed by atoms with van der Waals surface area (Å²) >= 11 is 1.85. The lowest BCUT2D eigenvalue weighted by Crippen LogP contribution is -2.39. The summed E-state index contributed by atoms with van der Waals surface area (Å²) in [6.45, 7) is 2.75. The van der Waals surface area contributed by atoms with Gasteiger partial charge in [-0.25, -0.2) is 9.98 Å². The number of fused-ring (bicyclic) bond motifs is 1. The standard InChI is InChI=1S/C23H32N4O2S.CH2O/c1-28-18-9-7-17(8-10-18)25-23-24-13-11-22(26-23)27-14-12-19-20(27)5-3-6-21(19)29-15-4-16-30-2;1-2/h3,5-6,12-14,17-18,22H,4,7-11,15-16H2,1-2H3,(H,25,26);1H2. The fraction of sp³-hybridized carbons (Fsp3) is 0.542. The summed E-state index contributed by atoms with van der Waals surface area (Å²) in [5.41, 5.74) is 1.15. The number of ether oxygens (including phenoxy) is 2. The first-order chi connectivity index (χ1) is 15.8. The summed E-state index contributed by atoms with van der Waals surface area (Å²) in [6, 6.07) is 8.83. The molecule has 8 heteroatoms. The maximum absolute atomic E-state index is 8.00. The van der Waals surface area contributed by atoms with Crippen molar-refractivity contribution in [3.05, 3.63) is 30.5 Å². The molecule has 7 nitrogen and oxygen atoms in total. The molecule has 1 aliphatic carbocycles. The maximum Gasteiger partial charge on any atom is 0.219 e. The van der Waals surface area contributed by atoms with Gasteiger partial charge in [0.25, 0.3) is 0 Å². The van der Waals surface area contributed by atoms with Crippen LogP contribution >= 0.6 is 11.8 Å². The first-order valence-corrected chi connectivity index (χ1v) is 12.6. The molecule has 1 fully saturated rings. The SMILES string of the molecule is C=O.COC1CCC(NC2=NC(n3ccc4c(OCCCSC)cccc43)CC=N2)CC1.